The van der Waals surface area contributed by atoms with Crippen LogP contribution in [0.1, 0.15) is 37.3 Å². The molecule has 2 atom stereocenters. The first kappa shape index (κ1) is 16.6. The standard InChI is InChI=1S/C20H27NO/c1-16(19-7-5-4-6-8-19)15-21-17(2)9-10-18-11-13-20(22-3)14-12-18/h4-8,11-14,16-17,21H,9-10,15H2,1-3H3/p+1/t16-,17+/m1/s1. The fraction of sp³-hybridized carbons (Fsp3) is 0.400. The number of hydrogen-bond donors (Lipinski definition) is 1. The molecule has 2 aromatic rings. The van der Waals surface area contributed by atoms with Gasteiger partial charge in [0.2, 0.25) is 0 Å². The van der Waals surface area contributed by atoms with Crippen molar-refractivity contribution >= 4 is 0 Å². The van der Waals surface area contributed by atoms with Gasteiger partial charge in [-0.25, -0.2) is 0 Å². The highest BCUT2D eigenvalue weighted by atomic mass is 16.5. The van der Waals surface area contributed by atoms with Crippen LogP contribution in [0.2, 0.25) is 0 Å². The topological polar surface area (TPSA) is 25.8 Å². The molecule has 0 heterocycles. The van der Waals surface area contributed by atoms with E-state index in [0.717, 1.165) is 18.7 Å². The summed E-state index contributed by atoms with van der Waals surface area (Å²) in [5.41, 5.74) is 2.82. The average molecular weight is 298 g/mol. The van der Waals surface area contributed by atoms with E-state index < -0.39 is 0 Å². The quantitative estimate of drug-likeness (QED) is 0.794. The highest BCUT2D eigenvalue weighted by Crippen LogP contribution is 2.13. The number of nitrogens with two attached hydrogens (primary N) is 1. The van der Waals surface area contributed by atoms with E-state index in [9.17, 15) is 0 Å². The molecule has 2 N–H and O–H groups in total. The highest BCUT2D eigenvalue weighted by molar-refractivity contribution is 5.27. The van der Waals surface area contributed by atoms with Gasteiger partial charge in [-0.15, -0.1) is 0 Å². The van der Waals surface area contributed by atoms with E-state index in [-0.39, 0.29) is 0 Å². The summed E-state index contributed by atoms with van der Waals surface area (Å²) in [6.45, 7) is 5.77. The van der Waals surface area contributed by atoms with Crippen LogP contribution >= 0.6 is 0 Å². The molecule has 0 aliphatic rings. The molecule has 0 unspecified atom stereocenters. The lowest BCUT2D eigenvalue weighted by atomic mass is 10.0. The predicted molar refractivity (Wildman–Crippen MR) is 92.4 cm³/mol. The molecule has 0 saturated carbocycles. The Hall–Kier alpha value is -1.80. The Kier molecular flexibility index (Phi) is 6.47. The fourth-order valence-electron chi connectivity index (χ4n) is 2.66. The second kappa shape index (κ2) is 8.60. The third-order valence-corrected chi connectivity index (χ3v) is 4.31. The summed E-state index contributed by atoms with van der Waals surface area (Å²) in [5.74, 6) is 1.53. The fourth-order valence-corrected chi connectivity index (χ4v) is 2.66. The molecule has 2 heteroatoms. The molecule has 0 aromatic heterocycles. The third kappa shape index (κ3) is 5.19. The second-order valence-electron chi connectivity index (χ2n) is 6.15. The van der Waals surface area contributed by atoms with Crippen molar-refractivity contribution in [3.8, 4) is 5.75 Å². The molecule has 2 rings (SSSR count). The van der Waals surface area contributed by atoms with Crippen molar-refractivity contribution in [2.24, 2.45) is 0 Å². The normalized spacial score (nSPS) is 13.6. The summed E-state index contributed by atoms with van der Waals surface area (Å²) in [5, 5.41) is 2.47. The van der Waals surface area contributed by atoms with Crippen molar-refractivity contribution in [3.63, 3.8) is 0 Å². The summed E-state index contributed by atoms with van der Waals surface area (Å²) >= 11 is 0. The molecule has 0 saturated heterocycles. The Morgan fingerprint density at radius 3 is 2.27 bits per heavy atom. The molecule has 0 aliphatic heterocycles. The number of quaternary nitrogens is 1. The highest BCUT2D eigenvalue weighted by Gasteiger charge is 2.10. The number of benzene rings is 2. The van der Waals surface area contributed by atoms with Gasteiger partial charge in [0.25, 0.3) is 0 Å². The van der Waals surface area contributed by atoms with Crippen LogP contribution in [0.5, 0.6) is 5.75 Å². The molecule has 0 amide bonds. The smallest absolute Gasteiger partial charge is 0.118 e. The van der Waals surface area contributed by atoms with Gasteiger partial charge in [0.1, 0.15) is 5.75 Å². The molecule has 0 fully saturated rings. The molecule has 2 aromatic carbocycles. The number of ether oxygens (including phenoxy) is 1. The van der Waals surface area contributed by atoms with Gasteiger partial charge in [-0.1, -0.05) is 49.4 Å². The minimum absolute atomic E-state index is 0.602. The van der Waals surface area contributed by atoms with E-state index in [1.165, 1.54) is 17.5 Å². The van der Waals surface area contributed by atoms with Crippen molar-refractivity contribution in [1.82, 2.24) is 0 Å². The zero-order chi connectivity index (χ0) is 15.8. The molecule has 0 radical (unpaired) electrons. The molecule has 0 spiro atoms. The van der Waals surface area contributed by atoms with Crippen LogP contribution < -0.4 is 10.1 Å². The van der Waals surface area contributed by atoms with E-state index in [1.54, 1.807) is 7.11 Å². The molecule has 0 bridgehead atoms. The van der Waals surface area contributed by atoms with Crippen molar-refractivity contribution < 1.29 is 10.1 Å². The lowest BCUT2D eigenvalue weighted by molar-refractivity contribution is -0.688. The Balaban J connectivity index is 1.72. The number of rotatable bonds is 8. The Morgan fingerprint density at radius 2 is 1.64 bits per heavy atom. The first-order chi connectivity index (χ1) is 10.7. The lowest BCUT2D eigenvalue weighted by Gasteiger charge is -2.15. The lowest BCUT2D eigenvalue weighted by Crippen LogP contribution is -2.90. The molecule has 118 valence electrons. The minimum Gasteiger partial charge on any atom is -0.497 e. The summed E-state index contributed by atoms with van der Waals surface area (Å²) < 4.78 is 5.20. The maximum atomic E-state index is 5.20. The van der Waals surface area contributed by atoms with Crippen molar-refractivity contribution in [2.75, 3.05) is 13.7 Å². The first-order valence-electron chi connectivity index (χ1n) is 8.20. The van der Waals surface area contributed by atoms with Crippen molar-refractivity contribution in [1.29, 1.82) is 0 Å². The van der Waals surface area contributed by atoms with Crippen LogP contribution in [0.15, 0.2) is 54.6 Å². The summed E-state index contributed by atoms with van der Waals surface area (Å²) in [7, 11) is 1.71. The van der Waals surface area contributed by atoms with E-state index >= 15 is 0 Å². The van der Waals surface area contributed by atoms with E-state index in [2.05, 4.69) is 61.6 Å². The zero-order valence-electron chi connectivity index (χ0n) is 14.0. The van der Waals surface area contributed by atoms with E-state index in [1.807, 2.05) is 12.1 Å². The monoisotopic (exact) mass is 298 g/mol. The van der Waals surface area contributed by atoms with Crippen LogP contribution in [0.25, 0.3) is 0 Å². The SMILES string of the molecule is COc1ccc(CC[C@H](C)[NH2+]C[C@@H](C)c2ccccc2)cc1. The largest absolute Gasteiger partial charge is 0.497 e. The Labute approximate surface area is 134 Å². The van der Waals surface area contributed by atoms with Crippen LogP contribution in [0, 0.1) is 0 Å². The maximum absolute atomic E-state index is 5.20. The second-order valence-corrected chi connectivity index (χ2v) is 6.15. The van der Waals surface area contributed by atoms with Crippen LogP contribution in [-0.2, 0) is 6.42 Å². The van der Waals surface area contributed by atoms with Crippen LogP contribution in [0.4, 0.5) is 0 Å². The molecular weight excluding hydrogens is 270 g/mol. The van der Waals surface area contributed by atoms with Gasteiger partial charge in [-0.2, -0.15) is 0 Å². The van der Waals surface area contributed by atoms with Gasteiger partial charge in [0.15, 0.2) is 0 Å². The van der Waals surface area contributed by atoms with E-state index in [4.69, 9.17) is 4.74 Å². The van der Waals surface area contributed by atoms with Gasteiger partial charge >= 0.3 is 0 Å². The Morgan fingerprint density at radius 1 is 0.955 bits per heavy atom. The van der Waals surface area contributed by atoms with Gasteiger partial charge in [0.05, 0.1) is 19.7 Å². The summed E-state index contributed by atoms with van der Waals surface area (Å²) in [4.78, 5) is 0. The number of hydrogen-bond acceptors (Lipinski definition) is 1. The van der Waals surface area contributed by atoms with Gasteiger partial charge in [-0.3, -0.25) is 0 Å². The van der Waals surface area contributed by atoms with Crippen LogP contribution in [-0.4, -0.2) is 19.7 Å². The Bertz CT molecular complexity index is 535. The number of methoxy groups -OCH3 is 1. The minimum atomic E-state index is 0.602. The van der Waals surface area contributed by atoms with Crippen LogP contribution in [0.3, 0.4) is 0 Å². The third-order valence-electron chi connectivity index (χ3n) is 4.31. The molecule has 0 aliphatic carbocycles. The summed E-state index contributed by atoms with van der Waals surface area (Å²) in [6.07, 6.45) is 2.33. The zero-order valence-corrected chi connectivity index (χ0v) is 14.0. The average Bonchev–Trinajstić information content (AvgIpc) is 2.59. The van der Waals surface area contributed by atoms with Gasteiger partial charge in [-0.05, 0) is 36.6 Å². The van der Waals surface area contributed by atoms with Crippen molar-refractivity contribution in [3.05, 3.63) is 65.7 Å². The first-order valence-corrected chi connectivity index (χ1v) is 8.20. The van der Waals surface area contributed by atoms with Gasteiger partial charge in [0, 0.05) is 12.3 Å². The molecule has 2 nitrogen and oxygen atoms in total. The van der Waals surface area contributed by atoms with Crippen molar-refractivity contribution in [2.45, 2.75) is 38.6 Å². The predicted octanol–water partition coefficient (Wildman–Crippen LogP) is 3.38. The number of aryl methyl sites for hydroxylation is 1. The van der Waals surface area contributed by atoms with Gasteiger partial charge < -0.3 is 10.1 Å². The maximum Gasteiger partial charge on any atom is 0.118 e. The molecule has 22 heavy (non-hydrogen) atoms. The summed E-state index contributed by atoms with van der Waals surface area (Å²) in [6, 6.07) is 19.8. The van der Waals surface area contributed by atoms with E-state index in [0.29, 0.717) is 12.0 Å². The molecular formula is C20H28NO+.